The van der Waals surface area contributed by atoms with Crippen LogP contribution in [0.1, 0.15) is 18.4 Å². The molecule has 0 bridgehead atoms. The molecule has 2 aromatic rings. The third-order valence-electron chi connectivity index (χ3n) is 4.10. The van der Waals surface area contributed by atoms with Crippen molar-refractivity contribution in [1.82, 2.24) is 0 Å². The van der Waals surface area contributed by atoms with Gasteiger partial charge in [-0.05, 0) is 24.5 Å². The van der Waals surface area contributed by atoms with E-state index < -0.39 is 4.92 Å². The van der Waals surface area contributed by atoms with Crippen molar-refractivity contribution in [3.05, 3.63) is 64.2 Å². The second-order valence-electron chi connectivity index (χ2n) is 5.53. The van der Waals surface area contributed by atoms with Gasteiger partial charge in [0.1, 0.15) is 0 Å². The van der Waals surface area contributed by atoms with Gasteiger partial charge in [0, 0.05) is 11.5 Å². The van der Waals surface area contributed by atoms with Crippen LogP contribution in [0.2, 0.25) is 0 Å². The summed E-state index contributed by atoms with van der Waals surface area (Å²) in [6.45, 7) is 0.495. The largest absolute Gasteiger partial charge is 0.493 e. The Morgan fingerprint density at radius 1 is 1.14 bits per heavy atom. The molecule has 0 spiro atoms. The van der Waals surface area contributed by atoms with Gasteiger partial charge >= 0.3 is 0 Å². The van der Waals surface area contributed by atoms with Crippen LogP contribution < -0.4 is 9.47 Å². The van der Waals surface area contributed by atoms with Crippen molar-refractivity contribution in [1.29, 1.82) is 0 Å². The van der Waals surface area contributed by atoms with Gasteiger partial charge in [-0.1, -0.05) is 30.3 Å². The molecule has 0 N–H and O–H groups in total. The average Bonchev–Trinajstić information content (AvgIpc) is 3.34. The zero-order valence-electron chi connectivity index (χ0n) is 12.3. The molecule has 2 aromatic carbocycles. The quantitative estimate of drug-likeness (QED) is 0.602. The maximum Gasteiger partial charge on any atom is 0.273 e. The molecule has 0 amide bonds. The highest BCUT2D eigenvalue weighted by Crippen LogP contribution is 2.48. The summed E-state index contributed by atoms with van der Waals surface area (Å²) < 4.78 is 11.1. The summed E-state index contributed by atoms with van der Waals surface area (Å²) in [6.07, 6.45) is 2.13. The van der Waals surface area contributed by atoms with Crippen LogP contribution in [0.15, 0.2) is 48.5 Å². The molecule has 1 aliphatic rings. The zero-order valence-corrected chi connectivity index (χ0v) is 12.3. The topological polar surface area (TPSA) is 61.6 Å². The molecule has 5 heteroatoms. The summed E-state index contributed by atoms with van der Waals surface area (Å²) in [5, 5.41) is 10.9. The van der Waals surface area contributed by atoms with E-state index in [1.807, 2.05) is 18.2 Å². The highest BCUT2D eigenvalue weighted by atomic mass is 16.6. The number of ether oxygens (including phenoxy) is 2. The minimum Gasteiger partial charge on any atom is -0.493 e. The number of non-ortho nitro benzene ring substituents is 1. The Morgan fingerprint density at radius 2 is 1.86 bits per heavy atom. The van der Waals surface area contributed by atoms with Crippen molar-refractivity contribution in [2.75, 3.05) is 13.7 Å². The van der Waals surface area contributed by atoms with Crippen LogP contribution in [0, 0.1) is 10.1 Å². The maximum atomic E-state index is 10.9. The Labute approximate surface area is 128 Å². The van der Waals surface area contributed by atoms with E-state index >= 15 is 0 Å². The molecular weight excluding hydrogens is 282 g/mol. The third-order valence-corrected chi connectivity index (χ3v) is 4.10. The van der Waals surface area contributed by atoms with Crippen LogP contribution in [0.3, 0.4) is 0 Å². The molecule has 0 unspecified atom stereocenters. The monoisotopic (exact) mass is 299 g/mol. The van der Waals surface area contributed by atoms with Gasteiger partial charge in [0.2, 0.25) is 0 Å². The van der Waals surface area contributed by atoms with Crippen molar-refractivity contribution in [3.63, 3.8) is 0 Å². The predicted molar refractivity (Wildman–Crippen MR) is 82.5 cm³/mol. The average molecular weight is 299 g/mol. The van der Waals surface area contributed by atoms with Crippen molar-refractivity contribution >= 4 is 5.69 Å². The summed E-state index contributed by atoms with van der Waals surface area (Å²) >= 11 is 0. The van der Waals surface area contributed by atoms with E-state index in [9.17, 15) is 10.1 Å². The number of rotatable bonds is 6. The predicted octanol–water partition coefficient (Wildman–Crippen LogP) is 3.71. The van der Waals surface area contributed by atoms with E-state index in [4.69, 9.17) is 9.47 Å². The SMILES string of the molecule is COc1ccc([N+](=O)[O-])cc1OCC1(c2ccccc2)CC1. The third kappa shape index (κ3) is 2.74. The van der Waals surface area contributed by atoms with E-state index in [2.05, 4.69) is 12.1 Å². The minimum absolute atomic E-state index is 0.000332. The highest BCUT2D eigenvalue weighted by Gasteiger charge is 2.45. The van der Waals surface area contributed by atoms with Crippen LogP contribution in [0.25, 0.3) is 0 Å². The van der Waals surface area contributed by atoms with Gasteiger partial charge in [-0.15, -0.1) is 0 Å². The first-order valence-corrected chi connectivity index (χ1v) is 7.15. The molecule has 5 nitrogen and oxygen atoms in total. The van der Waals surface area contributed by atoms with Crippen LogP contribution >= 0.6 is 0 Å². The van der Waals surface area contributed by atoms with Crippen LogP contribution in [-0.4, -0.2) is 18.6 Å². The van der Waals surface area contributed by atoms with Gasteiger partial charge in [-0.25, -0.2) is 0 Å². The van der Waals surface area contributed by atoms with Gasteiger partial charge in [0.25, 0.3) is 5.69 Å². The normalized spacial score (nSPS) is 15.1. The summed E-state index contributed by atoms with van der Waals surface area (Å²) in [5.74, 6) is 0.924. The Hall–Kier alpha value is -2.56. The van der Waals surface area contributed by atoms with E-state index in [-0.39, 0.29) is 11.1 Å². The van der Waals surface area contributed by atoms with Gasteiger partial charge in [-0.3, -0.25) is 10.1 Å². The first-order chi connectivity index (χ1) is 10.6. The summed E-state index contributed by atoms with van der Waals surface area (Å²) in [4.78, 5) is 10.5. The summed E-state index contributed by atoms with van der Waals surface area (Å²) in [7, 11) is 1.53. The molecule has 0 radical (unpaired) electrons. The lowest BCUT2D eigenvalue weighted by Crippen LogP contribution is -2.17. The minimum atomic E-state index is -0.434. The van der Waals surface area contributed by atoms with Crippen molar-refractivity contribution < 1.29 is 14.4 Å². The molecule has 0 aromatic heterocycles. The van der Waals surface area contributed by atoms with E-state index in [1.54, 1.807) is 6.07 Å². The van der Waals surface area contributed by atoms with Gasteiger partial charge in [0.15, 0.2) is 11.5 Å². The van der Waals surface area contributed by atoms with E-state index in [1.165, 1.54) is 24.8 Å². The van der Waals surface area contributed by atoms with Crippen LogP contribution in [0.5, 0.6) is 11.5 Å². The molecule has 22 heavy (non-hydrogen) atoms. The molecule has 1 aliphatic carbocycles. The fraction of sp³-hybridized carbons (Fsp3) is 0.294. The number of nitro groups is 1. The summed E-state index contributed by atoms with van der Waals surface area (Å²) in [6, 6.07) is 14.6. The molecule has 0 aliphatic heterocycles. The van der Waals surface area contributed by atoms with Crippen molar-refractivity contribution in [3.8, 4) is 11.5 Å². The number of hydrogen-bond acceptors (Lipinski definition) is 4. The van der Waals surface area contributed by atoms with Crippen molar-refractivity contribution in [2.45, 2.75) is 18.3 Å². The molecule has 114 valence electrons. The Balaban J connectivity index is 1.79. The fourth-order valence-electron chi connectivity index (χ4n) is 2.57. The Bertz CT molecular complexity index is 680. The van der Waals surface area contributed by atoms with E-state index in [0.29, 0.717) is 18.1 Å². The fourth-order valence-corrected chi connectivity index (χ4v) is 2.57. The smallest absolute Gasteiger partial charge is 0.273 e. The first kappa shape index (κ1) is 14.4. The lowest BCUT2D eigenvalue weighted by atomic mass is 9.97. The highest BCUT2D eigenvalue weighted by molar-refractivity contribution is 5.48. The number of benzene rings is 2. The number of nitro benzene ring substituents is 1. The van der Waals surface area contributed by atoms with Gasteiger partial charge < -0.3 is 9.47 Å². The Kier molecular flexibility index (Phi) is 3.71. The molecule has 1 saturated carbocycles. The molecule has 3 rings (SSSR count). The first-order valence-electron chi connectivity index (χ1n) is 7.15. The molecular formula is C17H17NO4. The summed E-state index contributed by atoms with van der Waals surface area (Å²) in [5.41, 5.74) is 1.27. The van der Waals surface area contributed by atoms with E-state index in [0.717, 1.165) is 12.8 Å². The standard InChI is InChI=1S/C17H17NO4/c1-21-15-8-7-14(18(19)20)11-16(15)22-12-17(9-10-17)13-5-3-2-4-6-13/h2-8,11H,9-10,12H2,1H3. The lowest BCUT2D eigenvalue weighted by Gasteiger charge is -2.18. The number of methoxy groups -OCH3 is 1. The molecule has 0 saturated heterocycles. The second kappa shape index (κ2) is 5.67. The van der Waals surface area contributed by atoms with Crippen LogP contribution in [0.4, 0.5) is 5.69 Å². The number of nitrogens with zero attached hydrogens (tertiary/aromatic N) is 1. The Morgan fingerprint density at radius 3 is 2.45 bits per heavy atom. The molecule has 0 heterocycles. The lowest BCUT2D eigenvalue weighted by molar-refractivity contribution is -0.385. The van der Waals surface area contributed by atoms with Crippen LogP contribution in [-0.2, 0) is 5.41 Å². The number of hydrogen-bond donors (Lipinski definition) is 0. The molecule has 1 fully saturated rings. The zero-order chi connectivity index (χ0) is 15.6. The van der Waals surface area contributed by atoms with Gasteiger partial charge in [-0.2, -0.15) is 0 Å². The van der Waals surface area contributed by atoms with Crippen molar-refractivity contribution in [2.24, 2.45) is 0 Å². The maximum absolute atomic E-state index is 10.9. The van der Waals surface area contributed by atoms with Gasteiger partial charge in [0.05, 0.1) is 24.7 Å². The second-order valence-corrected chi connectivity index (χ2v) is 5.53. The molecule has 0 atom stereocenters.